The maximum Gasteiger partial charge on any atom is 0.178 e. The molecule has 1 aromatic carbocycles. The average molecular weight is 380 g/mol. The largest absolute Gasteiger partial charge is 0.382 e. The summed E-state index contributed by atoms with van der Waals surface area (Å²) < 4.78 is 34.9. The third-order valence-electron chi connectivity index (χ3n) is 5.31. The number of hydrogen-bond acceptors (Lipinski definition) is 6. The van der Waals surface area contributed by atoms with Crippen LogP contribution in [0.1, 0.15) is 40.7 Å². The van der Waals surface area contributed by atoms with E-state index in [1.165, 1.54) is 6.07 Å². The Balaban J connectivity index is 1.91. The van der Waals surface area contributed by atoms with Crippen LogP contribution in [0.3, 0.4) is 0 Å². The number of methoxy groups -OCH3 is 1. The number of hydrogen-bond donors (Lipinski definition) is 0. The Kier molecular flexibility index (Phi) is 5.60. The van der Waals surface area contributed by atoms with Crippen LogP contribution < -0.4 is 0 Å². The molecular formula is C19H24O6S. The third-order valence-corrected chi connectivity index (χ3v) is 7.10. The van der Waals surface area contributed by atoms with Crippen molar-refractivity contribution in [3.05, 3.63) is 28.8 Å². The maximum atomic E-state index is 13.2. The number of ether oxygens (including phenoxy) is 2. The summed E-state index contributed by atoms with van der Waals surface area (Å²) in [6.07, 6.45) is 1.71. The summed E-state index contributed by atoms with van der Waals surface area (Å²) in [5.41, 5.74) is 1.81. The van der Waals surface area contributed by atoms with Gasteiger partial charge in [0.05, 0.1) is 30.0 Å². The molecule has 0 saturated heterocycles. The molecule has 7 heteroatoms. The van der Waals surface area contributed by atoms with E-state index in [-0.39, 0.29) is 17.3 Å². The standard InChI is InChI=1S/C19H24O6S/c1-12-13-8-11-26(22,23)17(13)7-6-14(12)19(21)18-15(20)4-3-5-16(18)25-10-9-24-2/h6-7,16,18H,3-5,8-11H2,1-2H3. The van der Waals surface area contributed by atoms with E-state index in [4.69, 9.17) is 9.47 Å². The zero-order valence-corrected chi connectivity index (χ0v) is 15.9. The van der Waals surface area contributed by atoms with Crippen molar-refractivity contribution in [1.82, 2.24) is 0 Å². The molecule has 0 amide bonds. The van der Waals surface area contributed by atoms with E-state index in [9.17, 15) is 18.0 Å². The van der Waals surface area contributed by atoms with Crippen LogP contribution in [-0.4, -0.2) is 52.2 Å². The highest BCUT2D eigenvalue weighted by Crippen LogP contribution is 2.33. The minimum absolute atomic E-state index is 0.0753. The summed E-state index contributed by atoms with van der Waals surface area (Å²) in [5, 5.41) is 0. The van der Waals surface area contributed by atoms with E-state index in [2.05, 4.69) is 0 Å². The number of ketones is 2. The molecule has 0 radical (unpaired) electrons. The van der Waals surface area contributed by atoms with Gasteiger partial charge in [0.15, 0.2) is 15.6 Å². The summed E-state index contributed by atoms with van der Waals surface area (Å²) in [7, 11) is -1.68. The third kappa shape index (κ3) is 3.48. The molecule has 2 unspecified atom stereocenters. The number of carbonyl (C=O) groups excluding carboxylic acids is 2. The van der Waals surface area contributed by atoms with E-state index in [0.717, 1.165) is 0 Å². The van der Waals surface area contributed by atoms with E-state index in [1.807, 2.05) is 0 Å². The first-order valence-corrected chi connectivity index (χ1v) is 10.5. The average Bonchev–Trinajstić information content (AvgIpc) is 2.91. The quantitative estimate of drug-likeness (QED) is 0.426. The van der Waals surface area contributed by atoms with Crippen molar-refractivity contribution in [2.45, 2.75) is 43.6 Å². The molecular weight excluding hydrogens is 356 g/mol. The van der Waals surface area contributed by atoms with Crippen molar-refractivity contribution in [2.75, 3.05) is 26.1 Å². The topological polar surface area (TPSA) is 86.7 Å². The van der Waals surface area contributed by atoms with Crippen molar-refractivity contribution < 1.29 is 27.5 Å². The molecule has 3 rings (SSSR count). The van der Waals surface area contributed by atoms with Crippen molar-refractivity contribution in [2.24, 2.45) is 5.92 Å². The molecule has 6 nitrogen and oxygen atoms in total. The van der Waals surface area contributed by atoms with Gasteiger partial charge in [0.2, 0.25) is 0 Å². The SMILES string of the molecule is COCCOC1CCCC(=O)C1C(=O)c1ccc2c(c1C)CCS2(=O)=O. The summed E-state index contributed by atoms with van der Waals surface area (Å²) in [4.78, 5) is 25.9. The predicted octanol–water partition coefficient (Wildman–Crippen LogP) is 1.91. The van der Waals surface area contributed by atoms with Gasteiger partial charge in [-0.1, -0.05) is 0 Å². The zero-order valence-electron chi connectivity index (χ0n) is 15.1. The Morgan fingerprint density at radius 1 is 1.23 bits per heavy atom. The first-order chi connectivity index (χ1) is 12.4. The van der Waals surface area contributed by atoms with Crippen LogP contribution in [0, 0.1) is 12.8 Å². The second-order valence-corrected chi connectivity index (χ2v) is 8.96. The fraction of sp³-hybridized carbons (Fsp3) is 0.579. The van der Waals surface area contributed by atoms with Gasteiger partial charge < -0.3 is 9.47 Å². The van der Waals surface area contributed by atoms with Gasteiger partial charge in [-0.25, -0.2) is 8.42 Å². The molecule has 0 spiro atoms. The summed E-state index contributed by atoms with van der Waals surface area (Å²) in [6, 6.07) is 3.06. The molecule has 1 fully saturated rings. The van der Waals surface area contributed by atoms with E-state index in [1.54, 1.807) is 20.1 Å². The Labute approximate surface area is 153 Å². The van der Waals surface area contributed by atoms with Crippen LogP contribution in [0.4, 0.5) is 0 Å². The van der Waals surface area contributed by atoms with Crippen molar-refractivity contribution in [3.8, 4) is 0 Å². The smallest absolute Gasteiger partial charge is 0.178 e. The molecule has 1 saturated carbocycles. The molecule has 142 valence electrons. The van der Waals surface area contributed by atoms with Crippen LogP contribution in [0.5, 0.6) is 0 Å². The number of Topliss-reactive ketones (excluding diaryl/α,β-unsaturated/α-hetero) is 2. The molecule has 0 N–H and O–H groups in total. The fourth-order valence-electron chi connectivity index (χ4n) is 3.90. The predicted molar refractivity (Wildman–Crippen MR) is 95.2 cm³/mol. The molecule has 2 aliphatic rings. The van der Waals surface area contributed by atoms with E-state index < -0.39 is 21.9 Å². The molecule has 1 heterocycles. The highest BCUT2D eigenvalue weighted by Gasteiger charge is 2.40. The van der Waals surface area contributed by atoms with E-state index in [0.29, 0.717) is 60.5 Å². The lowest BCUT2D eigenvalue weighted by atomic mass is 9.79. The molecule has 1 aromatic rings. The van der Waals surface area contributed by atoms with Gasteiger partial charge in [0.25, 0.3) is 0 Å². The van der Waals surface area contributed by atoms with Gasteiger partial charge in [-0.05, 0) is 49.4 Å². The van der Waals surface area contributed by atoms with Crippen LogP contribution in [0.2, 0.25) is 0 Å². The Morgan fingerprint density at radius 2 is 2.00 bits per heavy atom. The monoisotopic (exact) mass is 380 g/mol. The Bertz CT molecular complexity index is 827. The van der Waals surface area contributed by atoms with Gasteiger partial charge in [-0.3, -0.25) is 9.59 Å². The molecule has 1 aliphatic heterocycles. The molecule has 0 aromatic heterocycles. The second kappa shape index (κ2) is 7.58. The first kappa shape index (κ1) is 19.2. The van der Waals surface area contributed by atoms with Crippen LogP contribution in [0.25, 0.3) is 0 Å². The maximum absolute atomic E-state index is 13.2. The van der Waals surface area contributed by atoms with Crippen molar-refractivity contribution in [3.63, 3.8) is 0 Å². The summed E-state index contributed by atoms with van der Waals surface area (Å²) >= 11 is 0. The fourth-order valence-corrected chi connectivity index (χ4v) is 5.50. The van der Waals surface area contributed by atoms with Gasteiger partial charge in [-0.15, -0.1) is 0 Å². The number of carbonyl (C=O) groups is 2. The molecule has 0 bridgehead atoms. The van der Waals surface area contributed by atoms with Crippen LogP contribution in [-0.2, 0) is 30.5 Å². The van der Waals surface area contributed by atoms with Crippen LogP contribution in [0.15, 0.2) is 17.0 Å². The lowest BCUT2D eigenvalue weighted by Crippen LogP contribution is -2.41. The minimum Gasteiger partial charge on any atom is -0.382 e. The number of benzene rings is 1. The van der Waals surface area contributed by atoms with Gasteiger partial charge in [-0.2, -0.15) is 0 Å². The van der Waals surface area contributed by atoms with Gasteiger partial charge in [0.1, 0.15) is 11.7 Å². The highest BCUT2D eigenvalue weighted by atomic mass is 32.2. The Morgan fingerprint density at radius 3 is 2.73 bits per heavy atom. The van der Waals surface area contributed by atoms with Crippen LogP contribution >= 0.6 is 0 Å². The minimum atomic E-state index is -3.25. The van der Waals surface area contributed by atoms with Crippen molar-refractivity contribution >= 4 is 21.4 Å². The summed E-state index contributed by atoms with van der Waals surface area (Å²) in [6.45, 7) is 2.50. The van der Waals surface area contributed by atoms with Crippen molar-refractivity contribution in [1.29, 1.82) is 0 Å². The second-order valence-electron chi connectivity index (χ2n) is 6.89. The molecule has 26 heavy (non-hydrogen) atoms. The lowest BCUT2D eigenvalue weighted by Gasteiger charge is -2.30. The van der Waals surface area contributed by atoms with Gasteiger partial charge >= 0.3 is 0 Å². The Hall–Kier alpha value is -1.57. The number of sulfone groups is 1. The highest BCUT2D eigenvalue weighted by molar-refractivity contribution is 7.91. The first-order valence-electron chi connectivity index (χ1n) is 8.89. The van der Waals surface area contributed by atoms with Gasteiger partial charge in [0, 0.05) is 19.1 Å². The summed E-state index contributed by atoms with van der Waals surface area (Å²) in [5.74, 6) is -1.11. The zero-order chi connectivity index (χ0) is 18.9. The molecule has 2 atom stereocenters. The molecule has 1 aliphatic carbocycles. The number of fused-ring (bicyclic) bond motifs is 1. The van der Waals surface area contributed by atoms with E-state index >= 15 is 0 Å². The number of rotatable bonds is 6. The normalized spacial score (nSPS) is 24.5. The lowest BCUT2D eigenvalue weighted by molar-refractivity contribution is -0.129.